The van der Waals surface area contributed by atoms with Crippen molar-refractivity contribution < 1.29 is 39.3 Å². The number of primary amides is 1. The molecule has 14 nitrogen and oxygen atoms in total. The summed E-state index contributed by atoms with van der Waals surface area (Å²) in [4.78, 5) is 59.6. The second kappa shape index (κ2) is 14.3. The molecule has 0 fully saturated rings. The van der Waals surface area contributed by atoms with E-state index in [-0.39, 0.29) is 6.42 Å². The molecule has 6 unspecified atom stereocenters. The van der Waals surface area contributed by atoms with Crippen LogP contribution in [0.1, 0.15) is 39.5 Å². The minimum atomic E-state index is -1.66. The molecule has 0 radical (unpaired) electrons. The summed E-state index contributed by atoms with van der Waals surface area (Å²) in [5.74, 6) is -5.25. The van der Waals surface area contributed by atoms with Crippen molar-refractivity contribution in [1.29, 1.82) is 0 Å². The van der Waals surface area contributed by atoms with Crippen LogP contribution in [0.25, 0.3) is 0 Å². The van der Waals surface area contributed by atoms with Gasteiger partial charge in [-0.15, -0.1) is 0 Å². The van der Waals surface area contributed by atoms with Crippen LogP contribution in [0.15, 0.2) is 0 Å². The fourth-order valence-corrected chi connectivity index (χ4v) is 2.57. The molecule has 4 amide bonds. The highest BCUT2D eigenvalue weighted by molar-refractivity contribution is 5.95. The molecule has 0 aromatic heterocycles. The van der Waals surface area contributed by atoms with E-state index >= 15 is 0 Å². The van der Waals surface area contributed by atoms with E-state index in [1.54, 1.807) is 0 Å². The Morgan fingerprint density at radius 2 is 1.41 bits per heavy atom. The van der Waals surface area contributed by atoms with E-state index in [1.807, 2.05) is 5.32 Å². The first-order chi connectivity index (χ1) is 14.8. The van der Waals surface area contributed by atoms with Crippen LogP contribution in [0.5, 0.6) is 0 Å². The molecule has 0 rings (SSSR count). The Morgan fingerprint density at radius 1 is 0.844 bits per heavy atom. The van der Waals surface area contributed by atoms with Crippen molar-refractivity contribution in [3.8, 4) is 0 Å². The number of aliphatic hydroxyl groups excluding tert-OH is 2. The van der Waals surface area contributed by atoms with Crippen molar-refractivity contribution >= 4 is 29.6 Å². The average molecular weight is 463 g/mol. The third-order valence-corrected chi connectivity index (χ3v) is 4.48. The molecule has 32 heavy (non-hydrogen) atoms. The maximum Gasteiger partial charge on any atom is 0.326 e. The first-order valence-electron chi connectivity index (χ1n) is 10.1. The van der Waals surface area contributed by atoms with E-state index in [9.17, 15) is 34.2 Å². The average Bonchev–Trinajstić information content (AvgIpc) is 2.68. The molecule has 0 saturated carbocycles. The van der Waals surface area contributed by atoms with Gasteiger partial charge in [-0.25, -0.2) is 4.79 Å². The first-order valence-corrected chi connectivity index (χ1v) is 10.1. The van der Waals surface area contributed by atoms with Crippen molar-refractivity contribution in [2.24, 2.45) is 17.2 Å². The molecule has 0 aromatic rings. The fraction of sp³-hybridized carbons (Fsp3) is 0.722. The lowest BCUT2D eigenvalue weighted by atomic mass is 10.0. The van der Waals surface area contributed by atoms with Crippen LogP contribution in [0.2, 0.25) is 0 Å². The Bertz CT molecular complexity index is 672. The Balaban J connectivity index is 5.44. The van der Waals surface area contributed by atoms with Gasteiger partial charge < -0.3 is 48.5 Å². The van der Waals surface area contributed by atoms with Gasteiger partial charge in [-0.05, 0) is 39.7 Å². The largest absolute Gasteiger partial charge is 0.480 e. The van der Waals surface area contributed by atoms with Crippen molar-refractivity contribution in [3.63, 3.8) is 0 Å². The van der Waals surface area contributed by atoms with Gasteiger partial charge in [0.2, 0.25) is 23.6 Å². The van der Waals surface area contributed by atoms with Crippen molar-refractivity contribution in [3.05, 3.63) is 0 Å². The van der Waals surface area contributed by atoms with Crippen LogP contribution in [0.3, 0.4) is 0 Å². The zero-order valence-corrected chi connectivity index (χ0v) is 18.1. The van der Waals surface area contributed by atoms with Gasteiger partial charge in [-0.2, -0.15) is 0 Å². The molecule has 0 saturated heterocycles. The molecule has 0 aliphatic heterocycles. The normalized spacial score (nSPS) is 16.6. The summed E-state index contributed by atoms with van der Waals surface area (Å²) in [5, 5.41) is 35.2. The SMILES string of the molecule is CC(O)C(N)C(=O)NC(CCCCN)C(=O)NC(C(=O)NC(CC(N)=O)C(=O)O)C(C)O. The van der Waals surface area contributed by atoms with E-state index in [2.05, 4.69) is 10.6 Å². The van der Waals surface area contributed by atoms with Gasteiger partial charge in [0.05, 0.1) is 18.6 Å². The third kappa shape index (κ3) is 10.5. The molecule has 0 aromatic carbocycles. The molecule has 12 N–H and O–H groups in total. The number of hydrogen-bond acceptors (Lipinski definition) is 9. The predicted molar refractivity (Wildman–Crippen MR) is 111 cm³/mol. The maximum atomic E-state index is 12.7. The lowest BCUT2D eigenvalue weighted by Crippen LogP contribution is -2.60. The van der Waals surface area contributed by atoms with Gasteiger partial charge in [0, 0.05) is 0 Å². The zero-order chi connectivity index (χ0) is 25.0. The number of hydrogen-bond donors (Lipinski definition) is 9. The highest BCUT2D eigenvalue weighted by Gasteiger charge is 2.33. The number of carbonyl (C=O) groups excluding carboxylic acids is 4. The van der Waals surface area contributed by atoms with Gasteiger partial charge in [-0.1, -0.05) is 0 Å². The summed E-state index contributed by atoms with van der Waals surface area (Å²) < 4.78 is 0. The molecule has 0 heterocycles. The smallest absolute Gasteiger partial charge is 0.326 e. The van der Waals surface area contributed by atoms with Crippen LogP contribution in [-0.2, 0) is 24.0 Å². The van der Waals surface area contributed by atoms with Gasteiger partial charge in [0.25, 0.3) is 0 Å². The Morgan fingerprint density at radius 3 is 1.84 bits per heavy atom. The van der Waals surface area contributed by atoms with Gasteiger partial charge in [-0.3, -0.25) is 19.2 Å². The lowest BCUT2D eigenvalue weighted by molar-refractivity contribution is -0.144. The van der Waals surface area contributed by atoms with E-state index in [1.165, 1.54) is 13.8 Å². The van der Waals surface area contributed by atoms with Crippen molar-refractivity contribution in [2.75, 3.05) is 6.54 Å². The molecule has 0 spiro atoms. The second-order valence-electron chi connectivity index (χ2n) is 7.41. The summed E-state index contributed by atoms with van der Waals surface area (Å²) in [6.45, 7) is 2.82. The molecule has 0 bridgehead atoms. The van der Waals surface area contributed by atoms with Crippen LogP contribution in [-0.4, -0.2) is 87.8 Å². The van der Waals surface area contributed by atoms with Crippen LogP contribution in [0, 0.1) is 0 Å². The number of nitrogens with two attached hydrogens (primary N) is 3. The molecule has 14 heteroatoms. The Hall–Kier alpha value is -2.81. The highest BCUT2D eigenvalue weighted by atomic mass is 16.4. The Kier molecular flexibility index (Phi) is 13.0. The number of carboxylic acids is 1. The molecule has 184 valence electrons. The molecular formula is C18H34N6O8. The maximum absolute atomic E-state index is 12.7. The number of unbranched alkanes of at least 4 members (excludes halogenated alkanes) is 1. The molecule has 0 aliphatic rings. The summed E-state index contributed by atoms with van der Waals surface area (Å²) in [5.41, 5.74) is 16.0. The standard InChI is InChI=1S/C18H34N6O8/c1-8(25)13(21)16(29)22-10(5-3-4-6-19)15(28)24-14(9(2)26)17(30)23-11(18(31)32)7-12(20)27/h8-11,13-14,25-26H,3-7,19,21H2,1-2H3,(H2,20,27)(H,22,29)(H,23,30)(H,24,28)(H,31,32). The minimum absolute atomic E-state index is 0.120. The van der Waals surface area contributed by atoms with E-state index < -0.39 is 72.4 Å². The second-order valence-corrected chi connectivity index (χ2v) is 7.41. The minimum Gasteiger partial charge on any atom is -0.480 e. The van der Waals surface area contributed by atoms with Crippen LogP contribution >= 0.6 is 0 Å². The van der Waals surface area contributed by atoms with Crippen molar-refractivity contribution in [1.82, 2.24) is 16.0 Å². The molecular weight excluding hydrogens is 428 g/mol. The summed E-state index contributed by atoms with van der Waals surface area (Å²) in [6.07, 6.45) is -2.25. The monoisotopic (exact) mass is 462 g/mol. The fourth-order valence-electron chi connectivity index (χ4n) is 2.57. The number of carbonyl (C=O) groups is 5. The van der Waals surface area contributed by atoms with E-state index in [4.69, 9.17) is 22.3 Å². The number of amides is 4. The number of aliphatic carboxylic acids is 1. The topological polar surface area (TPSA) is 260 Å². The van der Waals surface area contributed by atoms with Crippen LogP contribution in [0.4, 0.5) is 0 Å². The highest BCUT2D eigenvalue weighted by Crippen LogP contribution is 2.05. The number of carboxylic acid groups (broad SMARTS) is 1. The van der Waals surface area contributed by atoms with Gasteiger partial charge in [0.1, 0.15) is 24.2 Å². The molecule has 0 aliphatic carbocycles. The van der Waals surface area contributed by atoms with Crippen molar-refractivity contribution in [2.45, 2.75) is 75.9 Å². The number of nitrogens with one attached hydrogen (secondary N) is 3. The van der Waals surface area contributed by atoms with E-state index in [0.717, 1.165) is 0 Å². The summed E-state index contributed by atoms with van der Waals surface area (Å²) in [7, 11) is 0. The lowest BCUT2D eigenvalue weighted by Gasteiger charge is -2.26. The first kappa shape index (κ1) is 29.2. The zero-order valence-electron chi connectivity index (χ0n) is 18.1. The summed E-state index contributed by atoms with van der Waals surface area (Å²) >= 11 is 0. The van der Waals surface area contributed by atoms with Gasteiger partial charge >= 0.3 is 5.97 Å². The number of aliphatic hydroxyl groups is 2. The number of rotatable bonds is 15. The quantitative estimate of drug-likeness (QED) is 0.105. The van der Waals surface area contributed by atoms with Crippen LogP contribution < -0.4 is 33.2 Å². The predicted octanol–water partition coefficient (Wildman–Crippen LogP) is -4.38. The Labute approximate surface area is 185 Å². The van der Waals surface area contributed by atoms with Gasteiger partial charge in [0.15, 0.2) is 0 Å². The third-order valence-electron chi connectivity index (χ3n) is 4.48. The summed E-state index contributed by atoms with van der Waals surface area (Å²) in [6, 6.07) is -5.74. The molecule has 6 atom stereocenters. The van der Waals surface area contributed by atoms with E-state index in [0.29, 0.717) is 19.4 Å².